The fraction of sp³-hybridized carbons (Fsp3) is 0.385. The summed E-state index contributed by atoms with van der Waals surface area (Å²) in [5.41, 5.74) is 9.10. The molecule has 0 aromatic carbocycles. The van der Waals surface area contributed by atoms with Gasteiger partial charge in [-0.2, -0.15) is 0 Å². The number of aromatic nitrogens is 2. The molecule has 0 unspecified atom stereocenters. The van der Waals surface area contributed by atoms with Gasteiger partial charge in [-0.3, -0.25) is 0 Å². The van der Waals surface area contributed by atoms with Gasteiger partial charge in [0.15, 0.2) is 0 Å². The first-order valence-corrected chi connectivity index (χ1v) is 5.74. The van der Waals surface area contributed by atoms with Crippen molar-refractivity contribution >= 4 is 5.82 Å². The molecule has 2 N–H and O–H groups in total. The number of nitrogens with zero attached hydrogens (tertiary/aromatic N) is 2. The summed E-state index contributed by atoms with van der Waals surface area (Å²) < 4.78 is 0. The minimum Gasteiger partial charge on any atom is -0.337 e. The van der Waals surface area contributed by atoms with E-state index in [4.69, 9.17) is 0 Å². The van der Waals surface area contributed by atoms with Crippen LogP contribution in [0.15, 0.2) is 29.6 Å². The smallest absolute Gasteiger partial charge is 0.138 e. The number of nitrogens with one attached hydrogen (secondary N) is 2. The molecular weight excluding hydrogens is 212 g/mol. The molecule has 0 fully saturated rings. The fourth-order valence-electron chi connectivity index (χ4n) is 1.77. The second-order valence-electron chi connectivity index (χ2n) is 3.88. The second-order valence-corrected chi connectivity index (χ2v) is 3.88. The van der Waals surface area contributed by atoms with Crippen LogP contribution in [0.1, 0.15) is 25.1 Å². The van der Waals surface area contributed by atoms with E-state index >= 15 is 0 Å². The molecule has 0 spiro atoms. The first kappa shape index (κ1) is 11.6. The Labute approximate surface area is 101 Å². The standard InChI is InChI=1S/C13H16N4/c1-3-4-5-10(2)17-13-11-8-14-7-6-12(11)15-9-16-13/h3,9,14H,6-8H2,1-2H3,(H,15,16,17). The zero-order valence-corrected chi connectivity index (χ0v) is 10.2. The third-order valence-corrected chi connectivity index (χ3v) is 2.58. The van der Waals surface area contributed by atoms with Crippen molar-refractivity contribution in [2.24, 2.45) is 0 Å². The Balaban J connectivity index is 2.31. The molecule has 1 aliphatic rings. The third kappa shape index (κ3) is 2.83. The Kier molecular flexibility index (Phi) is 3.73. The van der Waals surface area contributed by atoms with E-state index in [-0.39, 0.29) is 0 Å². The molecule has 2 rings (SSSR count). The van der Waals surface area contributed by atoms with Crippen LogP contribution >= 0.6 is 0 Å². The SMILES string of the molecule is CC=C=C=C(C)Nc1ncnc2c1CNCC2. The van der Waals surface area contributed by atoms with Gasteiger partial charge in [0.25, 0.3) is 0 Å². The van der Waals surface area contributed by atoms with Crippen LogP contribution in [-0.2, 0) is 13.0 Å². The minimum atomic E-state index is 0.819. The highest BCUT2D eigenvalue weighted by Gasteiger charge is 2.14. The second kappa shape index (κ2) is 5.46. The number of anilines is 1. The van der Waals surface area contributed by atoms with Crippen LogP contribution in [0.4, 0.5) is 5.82 Å². The lowest BCUT2D eigenvalue weighted by atomic mass is 10.1. The normalized spacial score (nSPS) is 13.1. The summed E-state index contributed by atoms with van der Waals surface area (Å²) in [7, 11) is 0. The summed E-state index contributed by atoms with van der Waals surface area (Å²) in [6.07, 6.45) is 4.39. The lowest BCUT2D eigenvalue weighted by Crippen LogP contribution is -2.26. The molecule has 0 saturated heterocycles. The van der Waals surface area contributed by atoms with E-state index in [9.17, 15) is 0 Å². The highest BCUT2D eigenvalue weighted by Crippen LogP contribution is 2.19. The number of hydrogen-bond acceptors (Lipinski definition) is 4. The number of allylic oxidation sites excluding steroid dienone is 2. The summed E-state index contributed by atoms with van der Waals surface area (Å²) in [4.78, 5) is 8.59. The maximum Gasteiger partial charge on any atom is 0.138 e. The summed E-state index contributed by atoms with van der Waals surface area (Å²) in [6, 6.07) is 0. The van der Waals surface area contributed by atoms with Crippen LogP contribution in [-0.4, -0.2) is 16.5 Å². The molecule has 1 aromatic rings. The van der Waals surface area contributed by atoms with Crippen molar-refractivity contribution in [2.75, 3.05) is 11.9 Å². The van der Waals surface area contributed by atoms with Gasteiger partial charge in [-0.05, 0) is 25.7 Å². The van der Waals surface area contributed by atoms with Crippen molar-refractivity contribution in [1.82, 2.24) is 15.3 Å². The minimum absolute atomic E-state index is 0.819. The first-order valence-electron chi connectivity index (χ1n) is 5.74. The average Bonchev–Trinajstić information content (AvgIpc) is 2.37. The van der Waals surface area contributed by atoms with Gasteiger partial charge in [-0.1, -0.05) is 5.73 Å². The predicted molar refractivity (Wildman–Crippen MR) is 67.5 cm³/mol. The molecule has 0 saturated carbocycles. The molecule has 0 aliphatic carbocycles. The van der Waals surface area contributed by atoms with Crippen LogP contribution in [0.5, 0.6) is 0 Å². The zero-order chi connectivity index (χ0) is 12.1. The van der Waals surface area contributed by atoms with Crippen molar-refractivity contribution in [3.8, 4) is 0 Å². The quantitative estimate of drug-likeness (QED) is 0.757. The van der Waals surface area contributed by atoms with Crippen LogP contribution < -0.4 is 10.6 Å². The molecule has 0 amide bonds. The van der Waals surface area contributed by atoms with Gasteiger partial charge in [-0.15, -0.1) is 0 Å². The maximum absolute atomic E-state index is 4.31. The van der Waals surface area contributed by atoms with E-state index in [2.05, 4.69) is 32.1 Å². The molecule has 0 bridgehead atoms. The Bertz CT molecular complexity index is 506. The van der Waals surface area contributed by atoms with Gasteiger partial charge in [0.1, 0.15) is 12.1 Å². The summed E-state index contributed by atoms with van der Waals surface area (Å²) >= 11 is 0. The average molecular weight is 228 g/mol. The Morgan fingerprint density at radius 1 is 1.53 bits per heavy atom. The molecular formula is C13H16N4. The van der Waals surface area contributed by atoms with E-state index in [1.54, 1.807) is 6.33 Å². The molecule has 2 heterocycles. The summed E-state index contributed by atoms with van der Waals surface area (Å²) in [6.45, 7) is 5.66. The van der Waals surface area contributed by atoms with Crippen molar-refractivity contribution in [3.05, 3.63) is 40.8 Å². The van der Waals surface area contributed by atoms with Crippen molar-refractivity contribution in [3.63, 3.8) is 0 Å². The van der Waals surface area contributed by atoms with Gasteiger partial charge in [-0.25, -0.2) is 9.97 Å². The molecule has 1 aromatic heterocycles. The molecule has 17 heavy (non-hydrogen) atoms. The van der Waals surface area contributed by atoms with Crippen molar-refractivity contribution in [1.29, 1.82) is 0 Å². The Morgan fingerprint density at radius 3 is 3.24 bits per heavy atom. The van der Waals surface area contributed by atoms with Crippen molar-refractivity contribution < 1.29 is 0 Å². The lowest BCUT2D eigenvalue weighted by Gasteiger charge is -2.18. The molecule has 0 radical (unpaired) electrons. The predicted octanol–water partition coefficient (Wildman–Crippen LogP) is 1.77. The highest BCUT2D eigenvalue weighted by atomic mass is 15.0. The Morgan fingerprint density at radius 2 is 2.41 bits per heavy atom. The van der Waals surface area contributed by atoms with Gasteiger partial charge >= 0.3 is 0 Å². The van der Waals surface area contributed by atoms with Crippen LogP contribution in [0.2, 0.25) is 0 Å². The largest absolute Gasteiger partial charge is 0.337 e. The summed E-state index contributed by atoms with van der Waals surface area (Å²) in [5.74, 6) is 0.866. The molecule has 4 nitrogen and oxygen atoms in total. The van der Waals surface area contributed by atoms with Gasteiger partial charge in [0, 0.05) is 25.1 Å². The fourth-order valence-corrected chi connectivity index (χ4v) is 1.77. The molecule has 4 heteroatoms. The van der Waals surface area contributed by atoms with E-state index in [0.29, 0.717) is 0 Å². The molecule has 1 aliphatic heterocycles. The van der Waals surface area contributed by atoms with E-state index < -0.39 is 0 Å². The maximum atomic E-state index is 4.31. The van der Waals surface area contributed by atoms with Gasteiger partial charge in [0.05, 0.1) is 11.4 Å². The van der Waals surface area contributed by atoms with Gasteiger partial charge in [0.2, 0.25) is 0 Å². The molecule has 0 atom stereocenters. The topological polar surface area (TPSA) is 49.8 Å². The van der Waals surface area contributed by atoms with Crippen molar-refractivity contribution in [2.45, 2.75) is 26.8 Å². The Hall–Kier alpha value is -1.86. The first-order chi connectivity index (χ1) is 8.31. The van der Waals surface area contributed by atoms with Gasteiger partial charge < -0.3 is 10.6 Å². The van der Waals surface area contributed by atoms with E-state index in [0.717, 1.165) is 42.3 Å². The van der Waals surface area contributed by atoms with Crippen LogP contribution in [0.3, 0.4) is 0 Å². The van der Waals surface area contributed by atoms with E-state index in [1.165, 1.54) is 0 Å². The number of hydrogen-bond donors (Lipinski definition) is 2. The number of fused-ring (bicyclic) bond motifs is 1. The van der Waals surface area contributed by atoms with Crippen LogP contribution in [0, 0.1) is 0 Å². The zero-order valence-electron chi connectivity index (χ0n) is 10.2. The van der Waals surface area contributed by atoms with E-state index in [1.807, 2.05) is 19.9 Å². The monoisotopic (exact) mass is 228 g/mol. The summed E-state index contributed by atoms with van der Waals surface area (Å²) in [5, 5.41) is 6.56. The third-order valence-electron chi connectivity index (χ3n) is 2.58. The highest BCUT2D eigenvalue weighted by molar-refractivity contribution is 5.50. The van der Waals surface area contributed by atoms with Crippen LogP contribution in [0.25, 0.3) is 0 Å². The molecule has 88 valence electrons. The number of rotatable bonds is 2. The lowest BCUT2D eigenvalue weighted by molar-refractivity contribution is 0.627.